The van der Waals surface area contributed by atoms with Crippen molar-refractivity contribution in [3.05, 3.63) is 34.3 Å². The van der Waals surface area contributed by atoms with E-state index in [0.717, 1.165) is 10.0 Å². The Morgan fingerprint density at radius 3 is 2.55 bits per heavy atom. The van der Waals surface area contributed by atoms with Crippen LogP contribution >= 0.6 is 15.9 Å². The Morgan fingerprint density at radius 1 is 1.36 bits per heavy atom. The Bertz CT molecular complexity index is 239. The summed E-state index contributed by atoms with van der Waals surface area (Å²) in [6.07, 6.45) is -0.314. The zero-order valence-electron chi connectivity index (χ0n) is 5.92. The molecule has 5 N–H and O–H groups in total. The summed E-state index contributed by atoms with van der Waals surface area (Å²) in [5, 5.41) is 0. The number of hydrogen-bond donors (Lipinski definition) is 3. The summed E-state index contributed by atoms with van der Waals surface area (Å²) >= 11 is 3.36. The van der Waals surface area contributed by atoms with Crippen LogP contribution in [0.15, 0.2) is 28.7 Å². The first kappa shape index (κ1) is 8.67. The summed E-state index contributed by atoms with van der Waals surface area (Å²) in [5.74, 6) is 5.18. The highest BCUT2D eigenvalue weighted by Gasteiger charge is 2.05. The summed E-state index contributed by atoms with van der Waals surface area (Å²) in [7, 11) is 0. The normalized spacial score (nSPS) is 13.0. The molecule has 0 aliphatic heterocycles. The van der Waals surface area contributed by atoms with Crippen LogP contribution in [-0.2, 0) is 0 Å². The number of nitrogens with two attached hydrogens (primary N) is 2. The predicted octanol–water partition coefficient (Wildman–Crippen LogP) is 0.870. The number of nitrogens with one attached hydrogen (secondary N) is 1. The van der Waals surface area contributed by atoms with Gasteiger partial charge in [-0.05, 0) is 11.6 Å². The highest BCUT2D eigenvalue weighted by atomic mass is 79.9. The number of halogens is 1. The Balaban J connectivity index is 2.93. The van der Waals surface area contributed by atoms with Gasteiger partial charge in [-0.3, -0.25) is 5.84 Å². The van der Waals surface area contributed by atoms with E-state index in [1.807, 2.05) is 24.3 Å². The van der Waals surface area contributed by atoms with Crippen molar-refractivity contribution < 1.29 is 0 Å². The SMILES string of the molecule is NNC(N)c1ccccc1Br. The molecule has 0 heterocycles. The van der Waals surface area contributed by atoms with Crippen LogP contribution in [0.1, 0.15) is 11.7 Å². The monoisotopic (exact) mass is 215 g/mol. The summed E-state index contributed by atoms with van der Waals surface area (Å²) in [6, 6.07) is 7.68. The van der Waals surface area contributed by atoms with Crippen LogP contribution in [0.4, 0.5) is 0 Å². The minimum Gasteiger partial charge on any atom is -0.311 e. The van der Waals surface area contributed by atoms with Gasteiger partial charge in [-0.1, -0.05) is 34.1 Å². The van der Waals surface area contributed by atoms with E-state index in [4.69, 9.17) is 11.6 Å². The van der Waals surface area contributed by atoms with Gasteiger partial charge in [0.15, 0.2) is 0 Å². The first-order valence-electron chi connectivity index (χ1n) is 3.22. The van der Waals surface area contributed by atoms with Crippen LogP contribution in [0, 0.1) is 0 Å². The number of rotatable bonds is 2. The standard InChI is InChI=1S/C7H10BrN3/c8-6-4-2-1-3-5(6)7(9)11-10/h1-4,7,11H,9-10H2. The van der Waals surface area contributed by atoms with Crippen molar-refractivity contribution in [2.45, 2.75) is 6.17 Å². The fourth-order valence-electron chi connectivity index (χ4n) is 0.817. The van der Waals surface area contributed by atoms with Crippen LogP contribution < -0.4 is 17.0 Å². The quantitative estimate of drug-likeness (QED) is 0.390. The molecule has 0 bridgehead atoms. The Hall–Kier alpha value is -0.420. The third-order valence-corrected chi connectivity index (χ3v) is 2.14. The number of hydrazine groups is 1. The van der Waals surface area contributed by atoms with Gasteiger partial charge in [0.2, 0.25) is 0 Å². The van der Waals surface area contributed by atoms with Gasteiger partial charge >= 0.3 is 0 Å². The molecule has 0 spiro atoms. The average Bonchev–Trinajstić information content (AvgIpc) is 2.04. The maximum atomic E-state index is 5.63. The molecule has 0 radical (unpaired) electrons. The van der Waals surface area contributed by atoms with Crippen molar-refractivity contribution in [2.75, 3.05) is 0 Å². The van der Waals surface area contributed by atoms with Crippen molar-refractivity contribution in [1.29, 1.82) is 0 Å². The van der Waals surface area contributed by atoms with Gasteiger partial charge in [0.1, 0.15) is 0 Å². The van der Waals surface area contributed by atoms with Gasteiger partial charge in [0, 0.05) is 4.47 Å². The summed E-state index contributed by atoms with van der Waals surface area (Å²) in [5.41, 5.74) is 9.05. The molecule has 0 aliphatic rings. The summed E-state index contributed by atoms with van der Waals surface area (Å²) in [4.78, 5) is 0. The van der Waals surface area contributed by atoms with Crippen molar-refractivity contribution in [2.24, 2.45) is 11.6 Å². The molecule has 0 saturated carbocycles. The molecule has 0 fully saturated rings. The van der Waals surface area contributed by atoms with Crippen molar-refractivity contribution in [3.63, 3.8) is 0 Å². The predicted molar refractivity (Wildman–Crippen MR) is 48.4 cm³/mol. The zero-order chi connectivity index (χ0) is 8.27. The second kappa shape index (κ2) is 3.82. The molecule has 1 aromatic carbocycles. The lowest BCUT2D eigenvalue weighted by Crippen LogP contribution is -2.34. The van der Waals surface area contributed by atoms with E-state index < -0.39 is 0 Å². The molecule has 0 saturated heterocycles. The lowest BCUT2D eigenvalue weighted by Gasteiger charge is -2.11. The Labute approximate surface area is 73.9 Å². The highest BCUT2D eigenvalue weighted by Crippen LogP contribution is 2.19. The molecule has 1 unspecified atom stereocenters. The van der Waals surface area contributed by atoms with Gasteiger partial charge in [-0.2, -0.15) is 0 Å². The summed E-state index contributed by atoms with van der Waals surface area (Å²) in [6.45, 7) is 0. The van der Waals surface area contributed by atoms with Crippen molar-refractivity contribution >= 4 is 15.9 Å². The van der Waals surface area contributed by atoms with E-state index in [2.05, 4.69) is 21.4 Å². The van der Waals surface area contributed by atoms with Crippen LogP contribution in [0.2, 0.25) is 0 Å². The molecular formula is C7H10BrN3. The van der Waals surface area contributed by atoms with Crippen molar-refractivity contribution in [1.82, 2.24) is 5.43 Å². The van der Waals surface area contributed by atoms with Gasteiger partial charge in [0.05, 0.1) is 6.17 Å². The maximum absolute atomic E-state index is 5.63. The minimum atomic E-state index is -0.314. The average molecular weight is 216 g/mol. The van der Waals surface area contributed by atoms with Crippen LogP contribution in [0.5, 0.6) is 0 Å². The number of hydrogen-bond acceptors (Lipinski definition) is 3. The topological polar surface area (TPSA) is 64.1 Å². The van der Waals surface area contributed by atoms with E-state index in [0.29, 0.717) is 0 Å². The smallest absolute Gasteiger partial charge is 0.0946 e. The molecule has 3 nitrogen and oxygen atoms in total. The van der Waals surface area contributed by atoms with E-state index in [1.165, 1.54) is 0 Å². The molecule has 11 heavy (non-hydrogen) atoms. The molecule has 60 valence electrons. The largest absolute Gasteiger partial charge is 0.311 e. The maximum Gasteiger partial charge on any atom is 0.0946 e. The van der Waals surface area contributed by atoms with E-state index >= 15 is 0 Å². The van der Waals surface area contributed by atoms with Gasteiger partial charge < -0.3 is 5.73 Å². The third kappa shape index (κ3) is 2.00. The van der Waals surface area contributed by atoms with Crippen molar-refractivity contribution in [3.8, 4) is 0 Å². The second-order valence-electron chi connectivity index (χ2n) is 2.17. The van der Waals surface area contributed by atoms with Gasteiger partial charge in [0.25, 0.3) is 0 Å². The van der Waals surface area contributed by atoms with Crippen LogP contribution in [0.3, 0.4) is 0 Å². The van der Waals surface area contributed by atoms with Gasteiger partial charge in [-0.15, -0.1) is 0 Å². The zero-order valence-corrected chi connectivity index (χ0v) is 7.51. The fraction of sp³-hybridized carbons (Fsp3) is 0.143. The molecule has 0 aromatic heterocycles. The molecule has 1 aromatic rings. The third-order valence-electron chi connectivity index (χ3n) is 1.42. The molecule has 4 heteroatoms. The van der Waals surface area contributed by atoms with Crippen LogP contribution in [-0.4, -0.2) is 0 Å². The Morgan fingerprint density at radius 2 is 2.00 bits per heavy atom. The molecule has 0 amide bonds. The first-order valence-corrected chi connectivity index (χ1v) is 4.01. The second-order valence-corrected chi connectivity index (χ2v) is 3.02. The molecule has 0 aliphatic carbocycles. The lowest BCUT2D eigenvalue weighted by molar-refractivity contribution is 0.575. The molecular weight excluding hydrogens is 206 g/mol. The Kier molecular flexibility index (Phi) is 3.02. The fourth-order valence-corrected chi connectivity index (χ4v) is 1.35. The lowest BCUT2D eigenvalue weighted by atomic mass is 10.2. The molecule has 1 rings (SSSR count). The highest BCUT2D eigenvalue weighted by molar-refractivity contribution is 9.10. The van der Waals surface area contributed by atoms with E-state index in [1.54, 1.807) is 0 Å². The first-order chi connectivity index (χ1) is 5.25. The van der Waals surface area contributed by atoms with Gasteiger partial charge in [-0.25, -0.2) is 5.43 Å². The number of benzene rings is 1. The minimum absolute atomic E-state index is 0.314. The van der Waals surface area contributed by atoms with E-state index in [-0.39, 0.29) is 6.17 Å². The molecule has 1 atom stereocenters. The van der Waals surface area contributed by atoms with Crippen LogP contribution in [0.25, 0.3) is 0 Å². The summed E-state index contributed by atoms with van der Waals surface area (Å²) < 4.78 is 0.963. The van der Waals surface area contributed by atoms with E-state index in [9.17, 15) is 0 Å².